The fraction of sp³-hybridized carbons (Fsp3) is 0.500. The first-order valence-electron chi connectivity index (χ1n) is 6.46. The Kier molecular flexibility index (Phi) is 7.58. The van der Waals surface area contributed by atoms with Crippen molar-refractivity contribution in [2.75, 3.05) is 19.0 Å². The summed E-state index contributed by atoms with van der Waals surface area (Å²) in [6.07, 6.45) is 1.26. The summed E-state index contributed by atoms with van der Waals surface area (Å²) in [7, 11) is 0. The summed E-state index contributed by atoms with van der Waals surface area (Å²) in [5.41, 5.74) is 0.0302. The quantitative estimate of drug-likeness (QED) is 0.542. The minimum Gasteiger partial charge on any atom is -0.478 e. The van der Waals surface area contributed by atoms with E-state index in [1.54, 1.807) is 0 Å². The summed E-state index contributed by atoms with van der Waals surface area (Å²) >= 11 is 1.08. The molecule has 112 valence electrons. The first kappa shape index (κ1) is 16.9. The van der Waals surface area contributed by atoms with Crippen molar-refractivity contribution in [3.8, 4) is 0 Å². The van der Waals surface area contributed by atoms with Crippen molar-refractivity contribution < 1.29 is 24.1 Å². The van der Waals surface area contributed by atoms with Crippen molar-refractivity contribution >= 4 is 17.7 Å². The van der Waals surface area contributed by atoms with Crippen molar-refractivity contribution in [3.05, 3.63) is 29.6 Å². The highest BCUT2D eigenvalue weighted by atomic mass is 32.2. The fourth-order valence-electron chi connectivity index (χ4n) is 1.45. The number of thioether (sulfide) groups is 1. The molecule has 0 saturated heterocycles. The normalized spacial score (nSPS) is 12.3. The van der Waals surface area contributed by atoms with E-state index in [1.807, 2.05) is 6.92 Å². The molecule has 0 fully saturated rings. The molecule has 0 heterocycles. The van der Waals surface area contributed by atoms with Gasteiger partial charge in [-0.3, -0.25) is 0 Å². The van der Waals surface area contributed by atoms with Crippen LogP contribution >= 0.6 is 11.8 Å². The van der Waals surface area contributed by atoms with E-state index in [0.29, 0.717) is 6.61 Å². The maximum atomic E-state index is 13.5. The van der Waals surface area contributed by atoms with Gasteiger partial charge in [-0.1, -0.05) is 13.3 Å². The number of aliphatic hydroxyl groups excluding tert-OH is 1. The Balaban J connectivity index is 2.44. The van der Waals surface area contributed by atoms with Crippen LogP contribution in [0.2, 0.25) is 0 Å². The number of carboxylic acids is 1. The summed E-state index contributed by atoms with van der Waals surface area (Å²) in [6, 6.07) is 3.61. The predicted octanol–water partition coefficient (Wildman–Crippen LogP) is 2.79. The highest BCUT2D eigenvalue weighted by Crippen LogP contribution is 2.24. The number of rotatable bonds is 9. The van der Waals surface area contributed by atoms with E-state index in [2.05, 4.69) is 0 Å². The smallest absolute Gasteiger partial charge is 0.335 e. The van der Waals surface area contributed by atoms with E-state index in [-0.39, 0.29) is 22.8 Å². The van der Waals surface area contributed by atoms with E-state index in [0.717, 1.165) is 30.7 Å². The number of halogens is 1. The molecule has 0 bridgehead atoms. The molecule has 1 atom stereocenters. The van der Waals surface area contributed by atoms with Crippen molar-refractivity contribution in [1.29, 1.82) is 0 Å². The number of carboxylic acid groups (broad SMARTS) is 1. The third-order valence-corrected chi connectivity index (χ3v) is 3.74. The second-order valence-electron chi connectivity index (χ2n) is 4.34. The van der Waals surface area contributed by atoms with Crippen LogP contribution in [-0.4, -0.2) is 41.3 Å². The summed E-state index contributed by atoms with van der Waals surface area (Å²) in [5.74, 6) is -1.33. The highest BCUT2D eigenvalue weighted by Gasteiger charge is 2.11. The standard InChI is InChI=1S/C14H19FO4S/c1-2-3-6-19-8-11(16)9-20-13-7-10(14(17)18)4-5-12(13)15/h4-5,7,11,16H,2-3,6,8-9H2,1H3,(H,17,18). The van der Waals surface area contributed by atoms with Crippen molar-refractivity contribution in [1.82, 2.24) is 0 Å². The van der Waals surface area contributed by atoms with Gasteiger partial charge in [0.05, 0.1) is 18.3 Å². The molecule has 1 aromatic carbocycles. The van der Waals surface area contributed by atoms with E-state index in [4.69, 9.17) is 9.84 Å². The molecule has 0 aliphatic heterocycles. The van der Waals surface area contributed by atoms with Crippen molar-refractivity contribution in [2.45, 2.75) is 30.8 Å². The van der Waals surface area contributed by atoms with Gasteiger partial charge in [-0.25, -0.2) is 9.18 Å². The van der Waals surface area contributed by atoms with Crippen LogP contribution in [-0.2, 0) is 4.74 Å². The SMILES string of the molecule is CCCCOCC(O)CSc1cc(C(=O)O)ccc1F. The van der Waals surface area contributed by atoms with Crippen LogP contribution in [0.15, 0.2) is 23.1 Å². The molecule has 1 aromatic rings. The zero-order chi connectivity index (χ0) is 15.0. The number of ether oxygens (including phenoxy) is 1. The summed E-state index contributed by atoms with van der Waals surface area (Å²) in [5, 5.41) is 18.5. The van der Waals surface area contributed by atoms with Crippen LogP contribution in [0.1, 0.15) is 30.1 Å². The molecule has 0 spiro atoms. The minimum atomic E-state index is -1.10. The van der Waals surface area contributed by atoms with Crippen molar-refractivity contribution in [3.63, 3.8) is 0 Å². The third-order valence-electron chi connectivity index (χ3n) is 2.56. The van der Waals surface area contributed by atoms with Gasteiger partial charge >= 0.3 is 5.97 Å². The second-order valence-corrected chi connectivity index (χ2v) is 5.41. The van der Waals surface area contributed by atoms with Gasteiger partial charge in [0.1, 0.15) is 5.82 Å². The van der Waals surface area contributed by atoms with Crippen molar-refractivity contribution in [2.24, 2.45) is 0 Å². The van der Waals surface area contributed by atoms with E-state index >= 15 is 0 Å². The van der Waals surface area contributed by atoms with Gasteiger partial charge in [-0.2, -0.15) is 0 Å². The van der Waals surface area contributed by atoms with Gasteiger partial charge in [0, 0.05) is 17.3 Å². The fourth-order valence-corrected chi connectivity index (χ4v) is 2.33. The Bertz CT molecular complexity index is 439. The number of aliphatic hydroxyl groups is 1. The van der Waals surface area contributed by atoms with Gasteiger partial charge in [-0.05, 0) is 24.6 Å². The molecule has 1 unspecified atom stereocenters. The lowest BCUT2D eigenvalue weighted by atomic mass is 10.2. The summed E-state index contributed by atoms with van der Waals surface area (Å²) in [4.78, 5) is 11.0. The number of hydrogen-bond acceptors (Lipinski definition) is 4. The van der Waals surface area contributed by atoms with Gasteiger partial charge < -0.3 is 14.9 Å². The molecule has 0 aliphatic carbocycles. The average Bonchev–Trinajstić information content (AvgIpc) is 2.42. The lowest BCUT2D eigenvalue weighted by Crippen LogP contribution is -2.18. The molecule has 0 amide bonds. The van der Waals surface area contributed by atoms with Crippen LogP contribution in [0.4, 0.5) is 4.39 Å². The number of hydrogen-bond donors (Lipinski definition) is 2. The Hall–Kier alpha value is -1.11. The first-order valence-corrected chi connectivity index (χ1v) is 7.44. The average molecular weight is 302 g/mol. The molecule has 0 aromatic heterocycles. The molecule has 0 aliphatic rings. The summed E-state index contributed by atoms with van der Waals surface area (Å²) < 4.78 is 18.8. The molecular weight excluding hydrogens is 283 g/mol. The van der Waals surface area contributed by atoms with E-state index in [1.165, 1.54) is 12.1 Å². The predicted molar refractivity (Wildman–Crippen MR) is 75.8 cm³/mol. The number of carbonyl (C=O) groups is 1. The third kappa shape index (κ3) is 5.90. The lowest BCUT2D eigenvalue weighted by molar-refractivity contribution is 0.0473. The topological polar surface area (TPSA) is 66.8 Å². The van der Waals surface area contributed by atoms with Crippen LogP contribution in [0.3, 0.4) is 0 Å². The largest absolute Gasteiger partial charge is 0.478 e. The zero-order valence-corrected chi connectivity index (χ0v) is 12.2. The summed E-state index contributed by atoms with van der Waals surface area (Å²) in [6.45, 7) is 2.85. The molecular formula is C14H19FO4S. The monoisotopic (exact) mass is 302 g/mol. The number of unbranched alkanes of at least 4 members (excludes halogenated alkanes) is 1. The highest BCUT2D eigenvalue weighted by molar-refractivity contribution is 7.99. The second kappa shape index (κ2) is 8.94. The molecule has 1 rings (SSSR count). The molecule has 20 heavy (non-hydrogen) atoms. The van der Waals surface area contributed by atoms with E-state index < -0.39 is 17.9 Å². The first-order chi connectivity index (χ1) is 9.54. The molecule has 2 N–H and O–H groups in total. The maximum Gasteiger partial charge on any atom is 0.335 e. The Morgan fingerprint density at radius 3 is 2.90 bits per heavy atom. The van der Waals surface area contributed by atoms with Crippen LogP contribution in [0.5, 0.6) is 0 Å². The van der Waals surface area contributed by atoms with Crippen LogP contribution < -0.4 is 0 Å². The van der Waals surface area contributed by atoms with Crippen LogP contribution in [0.25, 0.3) is 0 Å². The van der Waals surface area contributed by atoms with E-state index in [9.17, 15) is 14.3 Å². The number of benzene rings is 1. The molecule has 6 heteroatoms. The minimum absolute atomic E-state index is 0.0302. The lowest BCUT2D eigenvalue weighted by Gasteiger charge is -2.11. The van der Waals surface area contributed by atoms with Gasteiger partial charge in [0.2, 0.25) is 0 Å². The molecule has 0 saturated carbocycles. The Labute approximate surface area is 122 Å². The Morgan fingerprint density at radius 2 is 2.25 bits per heavy atom. The maximum absolute atomic E-state index is 13.5. The van der Waals surface area contributed by atoms with Gasteiger partial charge in [0.25, 0.3) is 0 Å². The zero-order valence-electron chi connectivity index (χ0n) is 11.3. The van der Waals surface area contributed by atoms with Gasteiger partial charge in [-0.15, -0.1) is 11.8 Å². The Morgan fingerprint density at radius 1 is 1.50 bits per heavy atom. The number of aromatic carboxylic acids is 1. The molecule has 0 radical (unpaired) electrons. The van der Waals surface area contributed by atoms with Gasteiger partial charge in [0.15, 0.2) is 0 Å². The molecule has 4 nitrogen and oxygen atoms in total. The van der Waals surface area contributed by atoms with Crippen LogP contribution in [0, 0.1) is 5.82 Å².